The number of nitrogens with one attached hydrogen (secondary N) is 1. The van der Waals surface area contributed by atoms with Crippen LogP contribution in [0.25, 0.3) is 0 Å². The molecule has 1 aromatic carbocycles. The van der Waals surface area contributed by atoms with Crippen LogP contribution in [0.3, 0.4) is 0 Å². The summed E-state index contributed by atoms with van der Waals surface area (Å²) >= 11 is 2.99. The maximum atomic E-state index is 12.9. The number of thioether (sulfide) groups is 1. The van der Waals surface area contributed by atoms with Crippen molar-refractivity contribution in [1.82, 2.24) is 14.5 Å². The molecule has 1 fully saturated rings. The van der Waals surface area contributed by atoms with E-state index < -0.39 is 10.0 Å². The summed E-state index contributed by atoms with van der Waals surface area (Å²) in [7, 11) is -3.57. The third-order valence-electron chi connectivity index (χ3n) is 4.61. The number of ketones is 1. The maximum Gasteiger partial charge on any atom is 0.243 e. The molecule has 0 unspecified atom stereocenters. The molecule has 0 bridgehead atoms. The summed E-state index contributed by atoms with van der Waals surface area (Å²) in [5.41, 5.74) is 0.367. The quantitative estimate of drug-likeness (QED) is 0.497. The van der Waals surface area contributed by atoms with Gasteiger partial charge in [0.25, 0.3) is 0 Å². The predicted octanol–water partition coefficient (Wildman–Crippen LogP) is 3.37. The van der Waals surface area contributed by atoms with E-state index in [2.05, 4.69) is 22.4 Å². The first-order valence-electron chi connectivity index (χ1n) is 9.23. The van der Waals surface area contributed by atoms with Gasteiger partial charge >= 0.3 is 0 Å². The minimum atomic E-state index is -3.57. The summed E-state index contributed by atoms with van der Waals surface area (Å²) in [5, 5.41) is 11.6. The van der Waals surface area contributed by atoms with Crippen molar-refractivity contribution in [2.75, 3.05) is 30.7 Å². The Morgan fingerprint density at radius 2 is 2.07 bits per heavy atom. The molecule has 0 saturated carbocycles. The second-order valence-electron chi connectivity index (χ2n) is 6.70. The number of Topliss-reactive ketones (excluding diaryl/α,β-unsaturated/α-hetero) is 1. The van der Waals surface area contributed by atoms with Crippen molar-refractivity contribution < 1.29 is 13.2 Å². The molecule has 2 aromatic rings. The number of piperidine rings is 1. The van der Waals surface area contributed by atoms with Crippen LogP contribution < -0.4 is 5.32 Å². The van der Waals surface area contributed by atoms with E-state index in [1.807, 2.05) is 6.92 Å². The van der Waals surface area contributed by atoms with E-state index >= 15 is 0 Å². The highest BCUT2D eigenvalue weighted by Gasteiger charge is 2.28. The van der Waals surface area contributed by atoms with Gasteiger partial charge in [-0.1, -0.05) is 49.1 Å². The molecule has 0 radical (unpaired) electrons. The number of carbonyl (C=O) groups excluding carboxylic acids is 1. The fourth-order valence-electron chi connectivity index (χ4n) is 2.93. The molecule has 1 N–H and O–H groups in total. The normalized spacial score (nSPS) is 16.2. The number of nitrogens with zero attached hydrogens (tertiary/aromatic N) is 3. The van der Waals surface area contributed by atoms with Gasteiger partial charge in [-0.3, -0.25) is 4.79 Å². The predicted molar refractivity (Wildman–Crippen MR) is 113 cm³/mol. The molecule has 0 aliphatic carbocycles. The number of hydrogen-bond donors (Lipinski definition) is 1. The monoisotopic (exact) mass is 440 g/mol. The Hall–Kier alpha value is -1.49. The molecule has 1 aliphatic heterocycles. The van der Waals surface area contributed by atoms with Crippen molar-refractivity contribution in [2.24, 2.45) is 5.92 Å². The van der Waals surface area contributed by atoms with Crippen LogP contribution in [-0.2, 0) is 10.0 Å². The van der Waals surface area contributed by atoms with Gasteiger partial charge in [-0.25, -0.2) is 8.42 Å². The molecule has 0 spiro atoms. The van der Waals surface area contributed by atoms with Crippen molar-refractivity contribution in [3.8, 4) is 0 Å². The Morgan fingerprint density at radius 1 is 1.32 bits per heavy atom. The summed E-state index contributed by atoms with van der Waals surface area (Å²) in [6.07, 6.45) is 1.73. The Bertz CT molecular complexity index is 922. The van der Waals surface area contributed by atoms with E-state index in [-0.39, 0.29) is 17.2 Å². The van der Waals surface area contributed by atoms with Crippen LogP contribution in [0.1, 0.15) is 37.0 Å². The van der Waals surface area contributed by atoms with E-state index in [1.54, 1.807) is 30.0 Å². The van der Waals surface area contributed by atoms with E-state index in [0.717, 1.165) is 22.9 Å². The number of rotatable bonds is 8. The van der Waals surface area contributed by atoms with Gasteiger partial charge < -0.3 is 5.32 Å². The van der Waals surface area contributed by atoms with Gasteiger partial charge in [0.05, 0.1) is 11.4 Å². The second-order valence-corrected chi connectivity index (χ2v) is 11.1. The highest BCUT2D eigenvalue weighted by atomic mass is 32.2. The van der Waals surface area contributed by atoms with Crippen LogP contribution in [0.2, 0.25) is 0 Å². The average molecular weight is 441 g/mol. The number of benzene rings is 1. The van der Waals surface area contributed by atoms with Gasteiger partial charge in [-0.2, -0.15) is 4.31 Å². The smallest absolute Gasteiger partial charge is 0.243 e. The Morgan fingerprint density at radius 3 is 2.79 bits per heavy atom. The van der Waals surface area contributed by atoms with Crippen LogP contribution in [0.15, 0.2) is 33.5 Å². The molecule has 3 rings (SSSR count). The van der Waals surface area contributed by atoms with Crippen molar-refractivity contribution in [2.45, 2.75) is 35.9 Å². The third-order valence-corrected chi connectivity index (χ3v) is 8.40. The third kappa shape index (κ3) is 5.11. The zero-order valence-electron chi connectivity index (χ0n) is 15.9. The molecule has 0 amide bonds. The first-order chi connectivity index (χ1) is 13.4. The first kappa shape index (κ1) is 21.2. The van der Waals surface area contributed by atoms with E-state index in [4.69, 9.17) is 0 Å². The summed E-state index contributed by atoms with van der Waals surface area (Å²) in [6.45, 7) is 5.26. The molecule has 7 nitrogen and oxygen atoms in total. The first-order valence-corrected chi connectivity index (χ1v) is 12.5. The second kappa shape index (κ2) is 9.34. The molecule has 152 valence electrons. The SMILES string of the molecule is CCSc1nnc(NCC(=O)c2cccc(S(=O)(=O)N3CCC(C)CC3)c2)s1. The van der Waals surface area contributed by atoms with Gasteiger partial charge in [0.2, 0.25) is 15.2 Å². The lowest BCUT2D eigenvalue weighted by atomic mass is 10.0. The van der Waals surface area contributed by atoms with Crippen LogP contribution in [0, 0.1) is 5.92 Å². The van der Waals surface area contributed by atoms with Crippen molar-refractivity contribution >= 4 is 44.0 Å². The molecule has 1 aliphatic rings. The van der Waals surface area contributed by atoms with Crippen LogP contribution in [0.5, 0.6) is 0 Å². The van der Waals surface area contributed by atoms with E-state index in [0.29, 0.717) is 29.7 Å². The lowest BCUT2D eigenvalue weighted by Crippen LogP contribution is -2.37. The minimum Gasteiger partial charge on any atom is -0.353 e. The molecule has 10 heteroatoms. The molecule has 1 saturated heterocycles. The highest BCUT2D eigenvalue weighted by molar-refractivity contribution is 8.01. The Kier molecular flexibility index (Phi) is 7.08. The molecule has 28 heavy (non-hydrogen) atoms. The minimum absolute atomic E-state index is 0.0379. The fourth-order valence-corrected chi connectivity index (χ4v) is 6.09. The zero-order valence-corrected chi connectivity index (χ0v) is 18.4. The van der Waals surface area contributed by atoms with Crippen molar-refractivity contribution in [3.63, 3.8) is 0 Å². The Balaban J connectivity index is 1.67. The van der Waals surface area contributed by atoms with Crippen LogP contribution in [-0.4, -0.2) is 54.1 Å². The molecular weight excluding hydrogens is 416 g/mol. The average Bonchev–Trinajstić information content (AvgIpc) is 3.14. The van der Waals surface area contributed by atoms with E-state index in [9.17, 15) is 13.2 Å². The standard InChI is InChI=1S/C18H24N4O3S3/c1-3-26-18-21-20-17(27-18)19-12-16(23)14-5-4-6-15(11-14)28(24,25)22-9-7-13(2)8-10-22/h4-6,11,13H,3,7-10,12H2,1-2H3,(H,19,20). The Labute approximate surface area is 174 Å². The summed E-state index contributed by atoms with van der Waals surface area (Å²) in [5.74, 6) is 1.26. The number of anilines is 1. The lowest BCUT2D eigenvalue weighted by molar-refractivity contribution is 0.101. The van der Waals surface area contributed by atoms with Crippen LogP contribution >= 0.6 is 23.1 Å². The van der Waals surface area contributed by atoms with Gasteiger partial charge in [0, 0.05) is 18.7 Å². The van der Waals surface area contributed by atoms with Gasteiger partial charge in [0.1, 0.15) is 0 Å². The van der Waals surface area contributed by atoms with Gasteiger partial charge in [0.15, 0.2) is 10.1 Å². The topological polar surface area (TPSA) is 92.3 Å². The van der Waals surface area contributed by atoms with E-state index in [1.165, 1.54) is 21.7 Å². The summed E-state index contributed by atoms with van der Waals surface area (Å²) in [4.78, 5) is 12.7. The van der Waals surface area contributed by atoms with Crippen molar-refractivity contribution in [1.29, 1.82) is 0 Å². The van der Waals surface area contributed by atoms with Crippen molar-refractivity contribution in [3.05, 3.63) is 29.8 Å². The van der Waals surface area contributed by atoms with Crippen LogP contribution in [0.4, 0.5) is 5.13 Å². The van der Waals surface area contributed by atoms with Gasteiger partial charge in [-0.15, -0.1) is 10.2 Å². The lowest BCUT2D eigenvalue weighted by Gasteiger charge is -2.29. The molecule has 1 aromatic heterocycles. The fraction of sp³-hybridized carbons (Fsp3) is 0.500. The maximum absolute atomic E-state index is 12.9. The molecular formula is C18H24N4O3S3. The number of hydrogen-bond acceptors (Lipinski definition) is 8. The number of sulfonamides is 1. The largest absolute Gasteiger partial charge is 0.353 e. The molecule has 2 heterocycles. The summed E-state index contributed by atoms with van der Waals surface area (Å²) < 4.78 is 28.2. The number of carbonyl (C=O) groups is 1. The highest BCUT2D eigenvalue weighted by Crippen LogP contribution is 2.26. The summed E-state index contributed by atoms with van der Waals surface area (Å²) in [6, 6.07) is 6.28. The number of aromatic nitrogens is 2. The van der Waals surface area contributed by atoms with Gasteiger partial charge in [-0.05, 0) is 36.6 Å². The molecule has 0 atom stereocenters. The zero-order chi connectivity index (χ0) is 20.1.